The quantitative estimate of drug-likeness (QED) is 0.731. The van der Waals surface area contributed by atoms with Gasteiger partial charge in [0, 0.05) is 0 Å². The fourth-order valence-corrected chi connectivity index (χ4v) is 2.39. The SMILES string of the molecule is CCCCC(CCc1ccc(F)cc1)[n+]1cc[nH]c1. The molecule has 0 bridgehead atoms. The summed E-state index contributed by atoms with van der Waals surface area (Å²) in [6, 6.07) is 7.37. The molecule has 2 nitrogen and oxygen atoms in total. The lowest BCUT2D eigenvalue weighted by atomic mass is 10.0. The predicted octanol–water partition coefficient (Wildman–Crippen LogP) is 3.81. The fraction of sp³-hybridized carbons (Fsp3) is 0.438. The minimum absolute atomic E-state index is 0.161. The number of rotatable bonds is 7. The molecule has 0 saturated heterocycles. The Kier molecular flexibility index (Phi) is 5.13. The Balaban J connectivity index is 1.94. The lowest BCUT2D eigenvalue weighted by Crippen LogP contribution is -2.37. The molecule has 2 rings (SSSR count). The van der Waals surface area contributed by atoms with E-state index in [1.807, 2.05) is 24.7 Å². The molecule has 0 aliphatic heterocycles. The van der Waals surface area contributed by atoms with E-state index in [-0.39, 0.29) is 5.82 Å². The number of aromatic amines is 1. The minimum Gasteiger partial charge on any atom is -0.250 e. The van der Waals surface area contributed by atoms with Gasteiger partial charge < -0.3 is 0 Å². The monoisotopic (exact) mass is 261 g/mol. The van der Waals surface area contributed by atoms with Crippen LogP contribution in [0.2, 0.25) is 0 Å². The topological polar surface area (TPSA) is 19.7 Å². The lowest BCUT2D eigenvalue weighted by Gasteiger charge is -2.13. The molecule has 19 heavy (non-hydrogen) atoms. The Hall–Kier alpha value is -1.64. The Morgan fingerprint density at radius 2 is 2.00 bits per heavy atom. The molecule has 0 saturated carbocycles. The third-order valence-corrected chi connectivity index (χ3v) is 3.56. The second kappa shape index (κ2) is 7.07. The van der Waals surface area contributed by atoms with Crippen molar-refractivity contribution in [2.75, 3.05) is 0 Å². The van der Waals surface area contributed by atoms with Crippen molar-refractivity contribution in [3.05, 3.63) is 54.4 Å². The van der Waals surface area contributed by atoms with Crippen LogP contribution in [0.1, 0.15) is 44.2 Å². The Labute approximate surface area is 114 Å². The Morgan fingerprint density at radius 1 is 1.21 bits per heavy atom. The standard InChI is InChI=1S/C16H21FN2/c1-2-3-4-16(19-12-11-18-13-19)10-7-14-5-8-15(17)9-6-14/h5-6,8-9,11-13,16H,2-4,7,10H2,1H3/p+1. The molecule has 1 heterocycles. The summed E-state index contributed by atoms with van der Waals surface area (Å²) in [6.45, 7) is 2.22. The maximum absolute atomic E-state index is 12.9. The van der Waals surface area contributed by atoms with Gasteiger partial charge in [-0.25, -0.2) is 8.96 Å². The summed E-state index contributed by atoms with van der Waals surface area (Å²) in [6.07, 6.45) is 11.8. The van der Waals surface area contributed by atoms with Crippen molar-refractivity contribution in [3.63, 3.8) is 0 Å². The summed E-state index contributed by atoms with van der Waals surface area (Å²) in [7, 11) is 0. The van der Waals surface area contributed by atoms with Crippen molar-refractivity contribution < 1.29 is 8.96 Å². The van der Waals surface area contributed by atoms with E-state index in [2.05, 4.69) is 22.7 Å². The summed E-state index contributed by atoms with van der Waals surface area (Å²) < 4.78 is 15.1. The molecule has 1 unspecified atom stereocenters. The zero-order valence-corrected chi connectivity index (χ0v) is 11.5. The molecule has 3 heteroatoms. The number of H-pyrrole nitrogens is 1. The number of imidazole rings is 1. The number of aromatic nitrogens is 2. The number of benzene rings is 1. The average molecular weight is 261 g/mol. The number of hydrogen-bond acceptors (Lipinski definition) is 0. The van der Waals surface area contributed by atoms with E-state index in [4.69, 9.17) is 0 Å². The first-order valence-electron chi connectivity index (χ1n) is 7.07. The molecule has 0 spiro atoms. The molecule has 0 aliphatic rings. The van der Waals surface area contributed by atoms with Crippen LogP contribution in [0.15, 0.2) is 43.0 Å². The van der Waals surface area contributed by atoms with Crippen LogP contribution in [0.3, 0.4) is 0 Å². The summed E-state index contributed by atoms with van der Waals surface area (Å²) in [4.78, 5) is 3.11. The van der Waals surface area contributed by atoms with Crippen LogP contribution in [0, 0.1) is 5.82 Å². The molecule has 0 fully saturated rings. The number of nitrogens with zero attached hydrogens (tertiary/aromatic N) is 1. The second-order valence-corrected chi connectivity index (χ2v) is 5.02. The number of aryl methyl sites for hydroxylation is 1. The highest BCUT2D eigenvalue weighted by molar-refractivity contribution is 5.16. The maximum atomic E-state index is 12.9. The van der Waals surface area contributed by atoms with Crippen LogP contribution < -0.4 is 4.57 Å². The van der Waals surface area contributed by atoms with Crippen molar-refractivity contribution in [2.45, 2.75) is 45.1 Å². The average Bonchev–Trinajstić information content (AvgIpc) is 2.95. The smallest absolute Gasteiger partial charge is 0.241 e. The third kappa shape index (κ3) is 4.19. The van der Waals surface area contributed by atoms with Gasteiger partial charge in [0.15, 0.2) is 0 Å². The molecule has 0 radical (unpaired) electrons. The molecule has 1 aromatic carbocycles. The van der Waals surface area contributed by atoms with Gasteiger partial charge in [-0.2, -0.15) is 0 Å². The van der Waals surface area contributed by atoms with Crippen LogP contribution >= 0.6 is 0 Å². The number of nitrogens with one attached hydrogen (secondary N) is 1. The van der Waals surface area contributed by atoms with Gasteiger partial charge in [-0.05, 0) is 43.4 Å². The molecular formula is C16H22FN2+. The molecule has 2 aromatic rings. The van der Waals surface area contributed by atoms with Gasteiger partial charge in [0.25, 0.3) is 0 Å². The van der Waals surface area contributed by atoms with Crippen molar-refractivity contribution in [1.82, 2.24) is 4.98 Å². The van der Waals surface area contributed by atoms with E-state index < -0.39 is 0 Å². The first-order chi connectivity index (χ1) is 9.29. The highest BCUT2D eigenvalue weighted by Gasteiger charge is 2.14. The van der Waals surface area contributed by atoms with E-state index in [1.54, 1.807) is 12.1 Å². The van der Waals surface area contributed by atoms with Crippen molar-refractivity contribution >= 4 is 0 Å². The zero-order valence-electron chi connectivity index (χ0n) is 11.5. The summed E-state index contributed by atoms with van der Waals surface area (Å²) >= 11 is 0. The third-order valence-electron chi connectivity index (χ3n) is 3.56. The van der Waals surface area contributed by atoms with E-state index in [1.165, 1.54) is 24.8 Å². The summed E-state index contributed by atoms with van der Waals surface area (Å²) in [5.74, 6) is -0.161. The number of hydrogen-bond donors (Lipinski definition) is 1. The number of halogens is 1. The van der Waals surface area contributed by atoms with Gasteiger partial charge in [0.1, 0.15) is 24.3 Å². The molecule has 1 N–H and O–H groups in total. The lowest BCUT2D eigenvalue weighted by molar-refractivity contribution is -0.723. The Bertz CT molecular complexity index is 462. The summed E-state index contributed by atoms with van der Waals surface area (Å²) in [5.41, 5.74) is 1.21. The fourth-order valence-electron chi connectivity index (χ4n) is 2.39. The largest absolute Gasteiger partial charge is 0.250 e. The van der Waals surface area contributed by atoms with E-state index >= 15 is 0 Å². The van der Waals surface area contributed by atoms with Crippen molar-refractivity contribution in [3.8, 4) is 0 Å². The van der Waals surface area contributed by atoms with Crippen LogP contribution in [-0.4, -0.2) is 4.98 Å². The molecule has 1 atom stereocenters. The van der Waals surface area contributed by atoms with Crippen molar-refractivity contribution in [1.29, 1.82) is 0 Å². The molecule has 0 aliphatic carbocycles. The van der Waals surface area contributed by atoms with Gasteiger partial charge >= 0.3 is 0 Å². The first-order valence-corrected chi connectivity index (χ1v) is 7.07. The van der Waals surface area contributed by atoms with E-state index in [0.29, 0.717) is 6.04 Å². The molecule has 1 aromatic heterocycles. The molecular weight excluding hydrogens is 239 g/mol. The second-order valence-electron chi connectivity index (χ2n) is 5.02. The van der Waals surface area contributed by atoms with Crippen LogP contribution in [-0.2, 0) is 6.42 Å². The number of unbranched alkanes of at least 4 members (excludes halogenated alkanes) is 1. The van der Waals surface area contributed by atoms with E-state index in [0.717, 1.165) is 12.8 Å². The highest BCUT2D eigenvalue weighted by Crippen LogP contribution is 2.16. The van der Waals surface area contributed by atoms with Gasteiger partial charge in [-0.15, -0.1) is 0 Å². The van der Waals surface area contributed by atoms with Gasteiger partial charge in [-0.3, -0.25) is 4.98 Å². The van der Waals surface area contributed by atoms with Crippen LogP contribution in [0.4, 0.5) is 4.39 Å². The highest BCUT2D eigenvalue weighted by atomic mass is 19.1. The maximum Gasteiger partial charge on any atom is 0.241 e. The Morgan fingerprint density at radius 3 is 2.63 bits per heavy atom. The minimum atomic E-state index is -0.161. The summed E-state index contributed by atoms with van der Waals surface area (Å²) in [5, 5.41) is 0. The van der Waals surface area contributed by atoms with Gasteiger partial charge in [0.05, 0.1) is 0 Å². The molecule has 102 valence electrons. The van der Waals surface area contributed by atoms with E-state index in [9.17, 15) is 4.39 Å². The van der Waals surface area contributed by atoms with Gasteiger partial charge in [-0.1, -0.05) is 25.5 Å². The van der Waals surface area contributed by atoms with Crippen LogP contribution in [0.5, 0.6) is 0 Å². The van der Waals surface area contributed by atoms with Crippen LogP contribution in [0.25, 0.3) is 0 Å². The van der Waals surface area contributed by atoms with Gasteiger partial charge in [0.2, 0.25) is 6.33 Å². The zero-order chi connectivity index (χ0) is 13.5. The normalized spacial score (nSPS) is 12.5. The first kappa shape index (κ1) is 13.8. The van der Waals surface area contributed by atoms with Crippen molar-refractivity contribution in [2.24, 2.45) is 0 Å². The molecule has 0 amide bonds. The predicted molar refractivity (Wildman–Crippen MR) is 74.3 cm³/mol.